The number of hydrogen-bond donors (Lipinski definition) is 2. The summed E-state index contributed by atoms with van der Waals surface area (Å²) >= 11 is 0. The molecule has 19 heavy (non-hydrogen) atoms. The van der Waals surface area contributed by atoms with E-state index in [0.717, 1.165) is 5.56 Å². The fraction of sp³-hybridized carbons (Fsp3) is 0.308. The molecule has 1 heterocycles. The van der Waals surface area contributed by atoms with Crippen LogP contribution in [0.15, 0.2) is 41.6 Å². The van der Waals surface area contributed by atoms with Crippen molar-refractivity contribution in [2.24, 2.45) is 0 Å². The Labute approximate surface area is 113 Å². The zero-order valence-corrected chi connectivity index (χ0v) is 12.0. The minimum absolute atomic E-state index is 0.0323. The van der Waals surface area contributed by atoms with E-state index in [1.807, 2.05) is 18.2 Å². The van der Waals surface area contributed by atoms with Gasteiger partial charge in [-0.15, -0.1) is 0 Å². The van der Waals surface area contributed by atoms with Crippen molar-refractivity contribution in [2.45, 2.75) is 31.2 Å². The Morgan fingerprint density at radius 1 is 1.21 bits per heavy atom. The molecule has 1 aromatic carbocycles. The van der Waals surface area contributed by atoms with Gasteiger partial charge in [-0.2, -0.15) is 13.5 Å². The largest absolute Gasteiger partial charge is 0.278 e. The van der Waals surface area contributed by atoms with Crippen molar-refractivity contribution in [2.75, 3.05) is 4.72 Å². The number of H-pyrrole nitrogens is 1. The van der Waals surface area contributed by atoms with E-state index in [1.165, 1.54) is 12.3 Å². The molecule has 0 saturated carbocycles. The molecule has 0 spiro atoms. The molecule has 0 radical (unpaired) electrons. The molecule has 0 aliphatic carbocycles. The number of benzene rings is 1. The van der Waals surface area contributed by atoms with Crippen LogP contribution >= 0.6 is 0 Å². The van der Waals surface area contributed by atoms with E-state index in [4.69, 9.17) is 0 Å². The fourth-order valence-corrected chi connectivity index (χ4v) is 2.61. The molecular weight excluding hydrogens is 262 g/mol. The minimum atomic E-state index is -3.60. The number of aromatic nitrogens is 2. The number of aromatic amines is 1. The van der Waals surface area contributed by atoms with E-state index in [0.29, 0.717) is 5.69 Å². The third kappa shape index (κ3) is 3.14. The van der Waals surface area contributed by atoms with Gasteiger partial charge in [-0.3, -0.25) is 9.82 Å². The van der Waals surface area contributed by atoms with Gasteiger partial charge in [0.15, 0.2) is 5.03 Å². The van der Waals surface area contributed by atoms with E-state index in [9.17, 15) is 8.42 Å². The number of sulfonamides is 1. The van der Waals surface area contributed by atoms with Gasteiger partial charge in [-0.1, -0.05) is 32.9 Å². The first kappa shape index (κ1) is 13.6. The van der Waals surface area contributed by atoms with Crippen LogP contribution in [-0.2, 0) is 15.4 Å². The van der Waals surface area contributed by atoms with Crippen molar-refractivity contribution in [3.8, 4) is 0 Å². The molecule has 0 fully saturated rings. The van der Waals surface area contributed by atoms with Crippen LogP contribution in [0.1, 0.15) is 26.3 Å². The molecule has 0 aliphatic heterocycles. The standard InChI is InChI=1S/C13H17N3O2S/c1-13(2,3)10-5-4-6-11(9-10)16-19(17,18)12-7-8-14-15-12/h4-9,16H,1-3H3,(H,14,15). The van der Waals surface area contributed by atoms with Crippen molar-refractivity contribution in [1.82, 2.24) is 10.2 Å². The summed E-state index contributed by atoms with van der Waals surface area (Å²) in [6.45, 7) is 6.24. The zero-order valence-electron chi connectivity index (χ0n) is 11.1. The first-order chi connectivity index (χ1) is 8.79. The van der Waals surface area contributed by atoms with Gasteiger partial charge in [0, 0.05) is 5.69 Å². The Morgan fingerprint density at radius 2 is 1.95 bits per heavy atom. The Hall–Kier alpha value is -1.82. The summed E-state index contributed by atoms with van der Waals surface area (Å²) in [6.07, 6.45) is 1.40. The lowest BCUT2D eigenvalue weighted by molar-refractivity contribution is 0.589. The summed E-state index contributed by atoms with van der Waals surface area (Å²) in [6, 6.07) is 8.80. The first-order valence-corrected chi connectivity index (χ1v) is 7.40. The Morgan fingerprint density at radius 3 is 2.53 bits per heavy atom. The van der Waals surface area contributed by atoms with E-state index in [-0.39, 0.29) is 10.4 Å². The lowest BCUT2D eigenvalue weighted by Gasteiger charge is -2.19. The molecular formula is C13H17N3O2S. The third-order valence-corrected chi connectivity index (χ3v) is 4.06. The molecule has 2 N–H and O–H groups in total. The van der Waals surface area contributed by atoms with E-state index >= 15 is 0 Å². The fourth-order valence-electron chi connectivity index (χ4n) is 1.65. The second-order valence-electron chi connectivity index (χ2n) is 5.36. The third-order valence-electron chi connectivity index (χ3n) is 2.75. The maximum Gasteiger partial charge on any atom is 0.278 e. The summed E-state index contributed by atoms with van der Waals surface area (Å²) in [5.74, 6) is 0. The summed E-state index contributed by atoms with van der Waals surface area (Å²) < 4.78 is 26.6. The van der Waals surface area contributed by atoms with Crippen molar-refractivity contribution in [3.63, 3.8) is 0 Å². The van der Waals surface area contributed by atoms with E-state index in [2.05, 4.69) is 35.7 Å². The summed E-state index contributed by atoms with van der Waals surface area (Å²) in [5.41, 5.74) is 1.58. The Balaban J connectivity index is 2.30. The van der Waals surface area contributed by atoms with Gasteiger partial charge < -0.3 is 0 Å². The van der Waals surface area contributed by atoms with Crippen LogP contribution in [0.2, 0.25) is 0 Å². The number of nitrogens with zero attached hydrogens (tertiary/aromatic N) is 1. The van der Waals surface area contributed by atoms with Crippen LogP contribution in [-0.4, -0.2) is 18.6 Å². The summed E-state index contributed by atoms with van der Waals surface area (Å²) in [7, 11) is -3.60. The van der Waals surface area contributed by atoms with Crippen molar-refractivity contribution >= 4 is 15.7 Å². The minimum Gasteiger partial charge on any atom is -0.278 e. The summed E-state index contributed by atoms with van der Waals surface area (Å²) in [4.78, 5) is 0. The molecule has 0 bridgehead atoms. The monoisotopic (exact) mass is 279 g/mol. The topological polar surface area (TPSA) is 74.8 Å². The van der Waals surface area contributed by atoms with Crippen LogP contribution in [0.25, 0.3) is 0 Å². The van der Waals surface area contributed by atoms with Gasteiger partial charge in [-0.05, 0) is 29.2 Å². The quantitative estimate of drug-likeness (QED) is 0.906. The zero-order chi connectivity index (χ0) is 14.1. The number of anilines is 1. The lowest BCUT2D eigenvalue weighted by atomic mass is 9.87. The molecule has 2 rings (SSSR count). The molecule has 102 valence electrons. The molecule has 0 amide bonds. The van der Waals surface area contributed by atoms with Gasteiger partial charge in [0.1, 0.15) is 0 Å². The normalized spacial score (nSPS) is 12.4. The molecule has 5 nitrogen and oxygen atoms in total. The average molecular weight is 279 g/mol. The lowest BCUT2D eigenvalue weighted by Crippen LogP contribution is -2.15. The Bertz CT molecular complexity index is 655. The van der Waals surface area contributed by atoms with Crippen molar-refractivity contribution < 1.29 is 8.42 Å². The van der Waals surface area contributed by atoms with Gasteiger partial charge >= 0.3 is 0 Å². The molecule has 2 aromatic rings. The maximum absolute atomic E-state index is 12.0. The predicted molar refractivity (Wildman–Crippen MR) is 74.5 cm³/mol. The second kappa shape index (κ2) is 4.70. The number of hydrogen-bond acceptors (Lipinski definition) is 3. The van der Waals surface area contributed by atoms with Crippen LogP contribution in [0.3, 0.4) is 0 Å². The second-order valence-corrected chi connectivity index (χ2v) is 7.01. The van der Waals surface area contributed by atoms with Crippen molar-refractivity contribution in [3.05, 3.63) is 42.1 Å². The van der Waals surface area contributed by atoms with E-state index in [1.54, 1.807) is 6.07 Å². The number of rotatable bonds is 3. The molecule has 6 heteroatoms. The van der Waals surface area contributed by atoms with E-state index < -0.39 is 10.0 Å². The molecule has 1 aromatic heterocycles. The van der Waals surface area contributed by atoms with Crippen LogP contribution in [0, 0.1) is 0 Å². The maximum atomic E-state index is 12.0. The molecule has 0 aliphatic rings. The molecule has 0 atom stereocenters. The highest BCUT2D eigenvalue weighted by molar-refractivity contribution is 7.92. The van der Waals surface area contributed by atoms with Crippen LogP contribution in [0.5, 0.6) is 0 Å². The van der Waals surface area contributed by atoms with Gasteiger partial charge in [0.25, 0.3) is 10.0 Å². The van der Waals surface area contributed by atoms with Gasteiger partial charge in [0.05, 0.1) is 6.20 Å². The summed E-state index contributed by atoms with van der Waals surface area (Å²) in [5, 5.41) is 6.13. The highest BCUT2D eigenvalue weighted by atomic mass is 32.2. The first-order valence-electron chi connectivity index (χ1n) is 5.92. The van der Waals surface area contributed by atoms with Crippen molar-refractivity contribution in [1.29, 1.82) is 0 Å². The molecule has 0 saturated heterocycles. The smallest absolute Gasteiger partial charge is 0.278 e. The average Bonchev–Trinajstić information content (AvgIpc) is 2.81. The number of nitrogens with one attached hydrogen (secondary N) is 2. The predicted octanol–water partition coefficient (Wildman–Crippen LogP) is 2.51. The van der Waals surface area contributed by atoms with Crippen LogP contribution in [0.4, 0.5) is 5.69 Å². The highest BCUT2D eigenvalue weighted by Crippen LogP contribution is 2.25. The van der Waals surface area contributed by atoms with Crippen LogP contribution < -0.4 is 4.72 Å². The molecule has 0 unspecified atom stereocenters. The Kier molecular flexibility index (Phi) is 3.36. The SMILES string of the molecule is CC(C)(C)c1cccc(NS(=O)(=O)c2ccn[nH]2)c1. The van der Waals surface area contributed by atoms with Gasteiger partial charge in [-0.25, -0.2) is 0 Å². The highest BCUT2D eigenvalue weighted by Gasteiger charge is 2.18. The van der Waals surface area contributed by atoms with Gasteiger partial charge in [0.2, 0.25) is 0 Å².